The first-order valence-corrected chi connectivity index (χ1v) is 8.91. The predicted molar refractivity (Wildman–Crippen MR) is 89.7 cm³/mol. The maximum Gasteiger partial charge on any atom is 0.253 e. The number of aromatic nitrogens is 5. The third-order valence-corrected chi connectivity index (χ3v) is 5.14. The van der Waals surface area contributed by atoms with E-state index in [1.807, 2.05) is 0 Å². The molecular weight excluding hydrogens is 304 g/mol. The number of hydrogen-bond donors (Lipinski definition) is 0. The first-order chi connectivity index (χ1) is 11.8. The zero-order valence-corrected chi connectivity index (χ0v) is 13.9. The lowest BCUT2D eigenvalue weighted by atomic mass is 9.96. The Morgan fingerprint density at radius 2 is 1.79 bits per heavy atom. The van der Waals surface area contributed by atoms with Crippen molar-refractivity contribution in [2.24, 2.45) is 5.92 Å². The molecule has 0 atom stereocenters. The Labute approximate surface area is 141 Å². The minimum Gasteiger partial charge on any atom is -0.301 e. The Hall–Kier alpha value is -2.02. The lowest BCUT2D eigenvalue weighted by Crippen LogP contribution is -2.38. The molecule has 4 rings (SSSR count). The molecule has 128 valence electrons. The SMILES string of the molecule is O=c1cc(C2CC2)ncn1CC1CCN(CCn2nccn2)CC1. The van der Waals surface area contributed by atoms with Crippen LogP contribution in [0.15, 0.2) is 29.6 Å². The van der Waals surface area contributed by atoms with Crippen molar-refractivity contribution in [3.8, 4) is 0 Å². The van der Waals surface area contributed by atoms with Crippen LogP contribution in [0.5, 0.6) is 0 Å². The van der Waals surface area contributed by atoms with Gasteiger partial charge in [-0.15, -0.1) is 0 Å². The molecule has 7 heteroatoms. The summed E-state index contributed by atoms with van der Waals surface area (Å²) in [6, 6.07) is 1.74. The Balaban J connectivity index is 1.26. The quantitative estimate of drug-likeness (QED) is 0.795. The highest BCUT2D eigenvalue weighted by Crippen LogP contribution is 2.38. The van der Waals surface area contributed by atoms with Crippen LogP contribution in [0.1, 0.15) is 37.3 Å². The number of rotatable bonds is 6. The summed E-state index contributed by atoms with van der Waals surface area (Å²) in [5.74, 6) is 1.11. The van der Waals surface area contributed by atoms with Crippen LogP contribution in [-0.4, -0.2) is 49.1 Å². The van der Waals surface area contributed by atoms with Crippen LogP contribution in [0, 0.1) is 5.92 Å². The second-order valence-electron chi connectivity index (χ2n) is 6.99. The molecule has 0 amide bonds. The zero-order valence-electron chi connectivity index (χ0n) is 13.9. The maximum atomic E-state index is 12.2. The third-order valence-electron chi connectivity index (χ3n) is 5.14. The molecule has 24 heavy (non-hydrogen) atoms. The molecule has 1 aliphatic heterocycles. The minimum absolute atomic E-state index is 0.110. The van der Waals surface area contributed by atoms with Crippen LogP contribution in [0.2, 0.25) is 0 Å². The summed E-state index contributed by atoms with van der Waals surface area (Å²) < 4.78 is 1.79. The van der Waals surface area contributed by atoms with E-state index in [-0.39, 0.29) is 5.56 Å². The second kappa shape index (κ2) is 6.84. The van der Waals surface area contributed by atoms with Crippen LogP contribution in [0.3, 0.4) is 0 Å². The van der Waals surface area contributed by atoms with Crippen molar-refractivity contribution in [3.63, 3.8) is 0 Å². The first kappa shape index (κ1) is 15.5. The van der Waals surface area contributed by atoms with Crippen LogP contribution in [0.4, 0.5) is 0 Å². The average Bonchev–Trinajstić information content (AvgIpc) is 3.32. The molecule has 0 bridgehead atoms. The molecule has 0 N–H and O–H groups in total. The zero-order chi connectivity index (χ0) is 16.4. The van der Waals surface area contributed by atoms with E-state index in [9.17, 15) is 4.79 Å². The van der Waals surface area contributed by atoms with Crippen molar-refractivity contribution in [2.45, 2.75) is 44.7 Å². The van der Waals surface area contributed by atoms with Gasteiger partial charge in [-0.2, -0.15) is 15.0 Å². The molecule has 1 saturated heterocycles. The summed E-state index contributed by atoms with van der Waals surface area (Å²) in [6.07, 6.45) is 9.81. The van der Waals surface area contributed by atoms with Gasteiger partial charge in [-0.3, -0.25) is 9.36 Å². The fourth-order valence-corrected chi connectivity index (χ4v) is 3.44. The minimum atomic E-state index is 0.110. The van der Waals surface area contributed by atoms with Crippen LogP contribution >= 0.6 is 0 Å². The van der Waals surface area contributed by atoms with Gasteiger partial charge in [0, 0.05) is 25.1 Å². The van der Waals surface area contributed by atoms with Crippen LogP contribution < -0.4 is 5.56 Å². The van der Waals surface area contributed by atoms with Crippen LogP contribution in [0.25, 0.3) is 0 Å². The van der Waals surface area contributed by atoms with E-state index >= 15 is 0 Å². The van der Waals surface area contributed by atoms with Gasteiger partial charge in [-0.1, -0.05) is 0 Å². The van der Waals surface area contributed by atoms with Gasteiger partial charge < -0.3 is 4.90 Å². The van der Waals surface area contributed by atoms with Crippen molar-refractivity contribution in [3.05, 3.63) is 40.8 Å². The maximum absolute atomic E-state index is 12.2. The lowest BCUT2D eigenvalue weighted by Gasteiger charge is -2.31. The van der Waals surface area contributed by atoms with Gasteiger partial charge in [0.2, 0.25) is 0 Å². The highest BCUT2D eigenvalue weighted by molar-refractivity contribution is 5.12. The molecule has 0 spiro atoms. The number of nitrogens with zero attached hydrogens (tertiary/aromatic N) is 6. The molecule has 1 saturated carbocycles. The molecule has 7 nitrogen and oxygen atoms in total. The van der Waals surface area contributed by atoms with Gasteiger partial charge in [0.25, 0.3) is 5.56 Å². The fraction of sp³-hybridized carbons (Fsp3) is 0.647. The molecule has 0 radical (unpaired) electrons. The molecule has 2 aromatic heterocycles. The normalized spacial score (nSPS) is 19.7. The first-order valence-electron chi connectivity index (χ1n) is 8.91. The van der Waals surface area contributed by atoms with E-state index < -0.39 is 0 Å². The monoisotopic (exact) mass is 328 g/mol. The van der Waals surface area contributed by atoms with Crippen molar-refractivity contribution < 1.29 is 0 Å². The molecule has 2 aromatic rings. The van der Waals surface area contributed by atoms with Crippen molar-refractivity contribution in [1.82, 2.24) is 29.4 Å². The Morgan fingerprint density at radius 3 is 2.46 bits per heavy atom. The highest BCUT2D eigenvalue weighted by atomic mass is 16.1. The third kappa shape index (κ3) is 3.72. The van der Waals surface area contributed by atoms with E-state index in [4.69, 9.17) is 0 Å². The summed E-state index contributed by atoms with van der Waals surface area (Å²) in [5.41, 5.74) is 1.09. The average molecular weight is 328 g/mol. The van der Waals surface area contributed by atoms with Gasteiger partial charge >= 0.3 is 0 Å². The van der Waals surface area contributed by atoms with E-state index in [2.05, 4.69) is 20.1 Å². The smallest absolute Gasteiger partial charge is 0.253 e. The van der Waals surface area contributed by atoms with Crippen molar-refractivity contribution >= 4 is 0 Å². The van der Waals surface area contributed by atoms with Gasteiger partial charge in [0.05, 0.1) is 31.0 Å². The molecule has 0 aromatic carbocycles. The number of likely N-dealkylation sites (tertiary alicyclic amines) is 1. The summed E-state index contributed by atoms with van der Waals surface area (Å²) in [7, 11) is 0. The Morgan fingerprint density at radius 1 is 1.04 bits per heavy atom. The largest absolute Gasteiger partial charge is 0.301 e. The van der Waals surface area contributed by atoms with Crippen molar-refractivity contribution in [1.29, 1.82) is 0 Å². The van der Waals surface area contributed by atoms with E-state index in [0.29, 0.717) is 11.8 Å². The number of hydrogen-bond acceptors (Lipinski definition) is 5. The fourth-order valence-electron chi connectivity index (χ4n) is 3.44. The molecule has 2 fully saturated rings. The molecular formula is C17H24N6O. The standard InChI is InChI=1S/C17H24N6O/c24-17-11-16(15-1-2-15)18-13-22(17)12-14-3-7-21(8-4-14)9-10-23-19-5-6-20-23/h5-6,11,13-15H,1-4,7-10,12H2. The van der Waals surface area contributed by atoms with Gasteiger partial charge in [-0.25, -0.2) is 4.98 Å². The van der Waals surface area contributed by atoms with E-state index in [1.54, 1.807) is 34.2 Å². The summed E-state index contributed by atoms with van der Waals surface area (Å²) >= 11 is 0. The second-order valence-corrected chi connectivity index (χ2v) is 6.99. The predicted octanol–water partition coefficient (Wildman–Crippen LogP) is 1.12. The molecule has 2 aliphatic rings. The number of piperidine rings is 1. The highest BCUT2D eigenvalue weighted by Gasteiger charge is 2.26. The topological polar surface area (TPSA) is 68.8 Å². The van der Waals surface area contributed by atoms with Gasteiger partial charge in [0.15, 0.2) is 0 Å². The van der Waals surface area contributed by atoms with Crippen LogP contribution in [-0.2, 0) is 13.1 Å². The Bertz CT molecular complexity index is 713. The molecule has 0 unspecified atom stereocenters. The van der Waals surface area contributed by atoms with Crippen molar-refractivity contribution in [2.75, 3.05) is 19.6 Å². The molecule has 1 aliphatic carbocycles. The van der Waals surface area contributed by atoms with Gasteiger partial charge in [-0.05, 0) is 44.7 Å². The summed E-state index contributed by atoms with van der Waals surface area (Å²) in [6.45, 7) is 4.77. The summed E-state index contributed by atoms with van der Waals surface area (Å²) in [5, 5.41) is 8.28. The van der Waals surface area contributed by atoms with Gasteiger partial charge in [0.1, 0.15) is 0 Å². The van der Waals surface area contributed by atoms with E-state index in [0.717, 1.165) is 51.3 Å². The lowest BCUT2D eigenvalue weighted by molar-refractivity contribution is 0.164. The molecule has 3 heterocycles. The van der Waals surface area contributed by atoms with E-state index in [1.165, 1.54) is 12.8 Å². The summed E-state index contributed by atoms with van der Waals surface area (Å²) in [4.78, 5) is 20.9. The Kier molecular flexibility index (Phi) is 4.42.